The monoisotopic (exact) mass is 246 g/mol. The van der Waals surface area contributed by atoms with Crippen LogP contribution in [0.15, 0.2) is 12.1 Å². The fourth-order valence-corrected chi connectivity index (χ4v) is 1.21. The molecule has 0 bridgehead atoms. The summed E-state index contributed by atoms with van der Waals surface area (Å²) in [5.41, 5.74) is -0.356. The highest BCUT2D eigenvalue weighted by Crippen LogP contribution is 2.19. The van der Waals surface area contributed by atoms with Crippen molar-refractivity contribution in [2.24, 2.45) is 0 Å². The molecule has 0 aliphatic rings. The molecule has 0 aliphatic heterocycles. The van der Waals surface area contributed by atoms with E-state index < -0.39 is 23.4 Å². The van der Waals surface area contributed by atoms with E-state index in [1.807, 2.05) is 6.92 Å². The molecule has 0 aliphatic carbocycles. The molecule has 0 atom stereocenters. The standard InChI is InChI=1S/C11H13F3N2O/c1-2-15-6-5-9(17)16-8-4-3-7(12)10(13)11(8)14/h3-4,15H,2,5-6H2,1H3,(H,16,17). The number of amides is 1. The second-order valence-corrected chi connectivity index (χ2v) is 3.37. The van der Waals surface area contributed by atoms with Gasteiger partial charge in [-0.25, -0.2) is 13.2 Å². The molecule has 0 radical (unpaired) electrons. The van der Waals surface area contributed by atoms with E-state index in [0.717, 1.165) is 12.1 Å². The van der Waals surface area contributed by atoms with Crippen LogP contribution in [0.1, 0.15) is 13.3 Å². The zero-order valence-electron chi connectivity index (χ0n) is 9.32. The number of nitrogens with one attached hydrogen (secondary N) is 2. The van der Waals surface area contributed by atoms with Crippen molar-refractivity contribution in [3.63, 3.8) is 0 Å². The Kier molecular flexibility index (Phi) is 4.96. The Morgan fingerprint density at radius 1 is 1.24 bits per heavy atom. The first-order chi connectivity index (χ1) is 8.06. The summed E-state index contributed by atoms with van der Waals surface area (Å²) in [4.78, 5) is 11.3. The van der Waals surface area contributed by atoms with Crippen LogP contribution >= 0.6 is 0 Å². The maximum atomic E-state index is 13.2. The van der Waals surface area contributed by atoms with Gasteiger partial charge in [0.05, 0.1) is 5.69 Å². The molecule has 0 unspecified atom stereocenters. The number of hydrogen-bond donors (Lipinski definition) is 2. The van der Waals surface area contributed by atoms with Gasteiger partial charge >= 0.3 is 0 Å². The lowest BCUT2D eigenvalue weighted by Gasteiger charge is -2.07. The summed E-state index contributed by atoms with van der Waals surface area (Å²) in [5.74, 6) is -4.72. The highest BCUT2D eigenvalue weighted by molar-refractivity contribution is 5.90. The van der Waals surface area contributed by atoms with Crippen molar-refractivity contribution >= 4 is 11.6 Å². The molecule has 2 N–H and O–H groups in total. The molecule has 0 saturated heterocycles. The smallest absolute Gasteiger partial charge is 0.225 e. The average molecular weight is 246 g/mol. The second-order valence-electron chi connectivity index (χ2n) is 3.37. The maximum Gasteiger partial charge on any atom is 0.225 e. The third-order valence-electron chi connectivity index (χ3n) is 2.09. The number of halogens is 3. The molecule has 94 valence electrons. The number of benzene rings is 1. The zero-order valence-corrected chi connectivity index (χ0v) is 9.32. The van der Waals surface area contributed by atoms with Crippen molar-refractivity contribution in [1.82, 2.24) is 5.32 Å². The lowest BCUT2D eigenvalue weighted by Crippen LogP contribution is -2.22. The molecule has 3 nitrogen and oxygen atoms in total. The molecule has 17 heavy (non-hydrogen) atoms. The first kappa shape index (κ1) is 13.5. The summed E-state index contributed by atoms with van der Waals surface area (Å²) < 4.78 is 38.6. The molecule has 0 saturated carbocycles. The van der Waals surface area contributed by atoms with Gasteiger partial charge in [0.25, 0.3) is 0 Å². The Bertz CT molecular complexity index is 410. The summed E-state index contributed by atoms with van der Waals surface area (Å²) in [7, 11) is 0. The quantitative estimate of drug-likeness (QED) is 0.616. The van der Waals surface area contributed by atoms with E-state index in [-0.39, 0.29) is 12.1 Å². The van der Waals surface area contributed by atoms with Gasteiger partial charge in [-0.1, -0.05) is 6.92 Å². The van der Waals surface area contributed by atoms with Crippen LogP contribution in [0.25, 0.3) is 0 Å². The van der Waals surface area contributed by atoms with Crippen molar-refractivity contribution in [2.75, 3.05) is 18.4 Å². The van der Waals surface area contributed by atoms with Gasteiger partial charge in [0, 0.05) is 13.0 Å². The Morgan fingerprint density at radius 3 is 2.59 bits per heavy atom. The van der Waals surface area contributed by atoms with Gasteiger partial charge in [-0.3, -0.25) is 4.79 Å². The van der Waals surface area contributed by atoms with Gasteiger partial charge in [-0.15, -0.1) is 0 Å². The Labute approximate surface area is 97.0 Å². The van der Waals surface area contributed by atoms with E-state index >= 15 is 0 Å². The first-order valence-corrected chi connectivity index (χ1v) is 5.20. The van der Waals surface area contributed by atoms with Gasteiger partial charge in [0.1, 0.15) is 0 Å². The third kappa shape index (κ3) is 3.74. The van der Waals surface area contributed by atoms with Crippen LogP contribution < -0.4 is 10.6 Å². The van der Waals surface area contributed by atoms with E-state index in [2.05, 4.69) is 10.6 Å². The van der Waals surface area contributed by atoms with Crippen LogP contribution in [0.3, 0.4) is 0 Å². The number of carbonyl (C=O) groups is 1. The van der Waals surface area contributed by atoms with Crippen molar-refractivity contribution in [2.45, 2.75) is 13.3 Å². The topological polar surface area (TPSA) is 41.1 Å². The fourth-order valence-electron chi connectivity index (χ4n) is 1.21. The maximum absolute atomic E-state index is 13.2. The normalized spacial score (nSPS) is 10.4. The van der Waals surface area contributed by atoms with Crippen molar-refractivity contribution < 1.29 is 18.0 Å². The summed E-state index contributed by atoms with van der Waals surface area (Å²) in [6, 6.07) is 1.75. The summed E-state index contributed by atoms with van der Waals surface area (Å²) in [6.45, 7) is 3.04. The van der Waals surface area contributed by atoms with Crippen LogP contribution in [0.5, 0.6) is 0 Å². The fraction of sp³-hybridized carbons (Fsp3) is 0.364. The van der Waals surface area contributed by atoms with E-state index in [1.54, 1.807) is 0 Å². The van der Waals surface area contributed by atoms with Crippen LogP contribution in [-0.2, 0) is 4.79 Å². The predicted molar refractivity (Wildman–Crippen MR) is 58.1 cm³/mol. The first-order valence-electron chi connectivity index (χ1n) is 5.20. The molecule has 0 fully saturated rings. The van der Waals surface area contributed by atoms with Crippen LogP contribution in [0, 0.1) is 17.5 Å². The highest BCUT2D eigenvalue weighted by Gasteiger charge is 2.14. The summed E-state index contributed by atoms with van der Waals surface area (Å²) in [6.07, 6.45) is 0.131. The van der Waals surface area contributed by atoms with E-state index in [9.17, 15) is 18.0 Å². The minimum atomic E-state index is -1.59. The molecule has 6 heteroatoms. The summed E-state index contributed by atoms with van der Waals surface area (Å²) >= 11 is 0. The molecular formula is C11H13F3N2O. The molecule has 1 aromatic rings. The SMILES string of the molecule is CCNCCC(=O)Nc1ccc(F)c(F)c1F. The largest absolute Gasteiger partial charge is 0.323 e. The minimum Gasteiger partial charge on any atom is -0.323 e. The van der Waals surface area contributed by atoms with E-state index in [0.29, 0.717) is 13.1 Å². The molecule has 1 amide bonds. The number of hydrogen-bond acceptors (Lipinski definition) is 2. The molecular weight excluding hydrogens is 233 g/mol. The molecule has 0 aromatic heterocycles. The molecule has 1 aromatic carbocycles. The van der Waals surface area contributed by atoms with Gasteiger partial charge < -0.3 is 10.6 Å². The average Bonchev–Trinajstić information content (AvgIpc) is 2.30. The van der Waals surface area contributed by atoms with Gasteiger partial charge in [-0.2, -0.15) is 0 Å². The van der Waals surface area contributed by atoms with Crippen molar-refractivity contribution in [3.8, 4) is 0 Å². The minimum absolute atomic E-state index is 0.131. The summed E-state index contributed by atoms with van der Waals surface area (Å²) in [5, 5.41) is 5.09. The molecule has 0 spiro atoms. The van der Waals surface area contributed by atoms with Crippen LogP contribution in [-0.4, -0.2) is 19.0 Å². The molecule has 0 heterocycles. The molecule has 1 rings (SSSR count). The lowest BCUT2D eigenvalue weighted by molar-refractivity contribution is -0.116. The third-order valence-corrected chi connectivity index (χ3v) is 2.09. The van der Waals surface area contributed by atoms with E-state index in [1.165, 1.54) is 0 Å². The number of carbonyl (C=O) groups excluding carboxylic acids is 1. The number of anilines is 1. The van der Waals surface area contributed by atoms with Crippen LogP contribution in [0.2, 0.25) is 0 Å². The number of rotatable bonds is 5. The van der Waals surface area contributed by atoms with E-state index in [4.69, 9.17) is 0 Å². The lowest BCUT2D eigenvalue weighted by atomic mass is 10.2. The van der Waals surface area contributed by atoms with Crippen LogP contribution in [0.4, 0.5) is 18.9 Å². The Balaban J connectivity index is 2.63. The zero-order chi connectivity index (χ0) is 12.8. The van der Waals surface area contributed by atoms with Crippen molar-refractivity contribution in [3.05, 3.63) is 29.6 Å². The Hall–Kier alpha value is -1.56. The predicted octanol–water partition coefficient (Wildman–Crippen LogP) is 2.04. The van der Waals surface area contributed by atoms with Gasteiger partial charge in [0.15, 0.2) is 17.5 Å². The van der Waals surface area contributed by atoms with Gasteiger partial charge in [-0.05, 0) is 18.7 Å². The second kappa shape index (κ2) is 6.24. The Morgan fingerprint density at radius 2 is 1.94 bits per heavy atom. The highest BCUT2D eigenvalue weighted by atomic mass is 19.2. The van der Waals surface area contributed by atoms with Crippen molar-refractivity contribution in [1.29, 1.82) is 0 Å². The van der Waals surface area contributed by atoms with Gasteiger partial charge in [0.2, 0.25) is 5.91 Å².